The van der Waals surface area contributed by atoms with E-state index < -0.39 is 5.97 Å². The number of aliphatic hydroxyl groups excluding tert-OH is 1. The number of carboxylic acids is 1. The van der Waals surface area contributed by atoms with Gasteiger partial charge >= 0.3 is 0 Å². The van der Waals surface area contributed by atoms with Crippen molar-refractivity contribution >= 4 is 5.97 Å². The van der Waals surface area contributed by atoms with Gasteiger partial charge < -0.3 is 10.2 Å². The van der Waals surface area contributed by atoms with E-state index in [1.165, 1.54) is 89.9 Å². The molecule has 0 radical (unpaired) electrons. The molecule has 0 rings (SSSR count). The molecule has 0 amide bonds. The van der Waals surface area contributed by atoms with E-state index >= 15 is 0 Å². The number of carbonyl (C=O) groups is 1. The number of unbranched alkanes of at least 4 members (excludes halogenated alkanes) is 14. The number of carboxylic acid groups (broad SMARTS) is 1. The molecular formula is C19H40O3. The monoisotopic (exact) mass is 316 g/mol. The van der Waals surface area contributed by atoms with Gasteiger partial charge in [-0.3, -0.25) is 4.79 Å². The highest BCUT2D eigenvalue weighted by Crippen LogP contribution is 2.13. The molecule has 0 saturated carbocycles. The molecular weight excluding hydrogens is 276 g/mol. The molecule has 0 spiro atoms. The van der Waals surface area contributed by atoms with Crippen molar-refractivity contribution in [2.24, 2.45) is 0 Å². The van der Waals surface area contributed by atoms with E-state index in [1.54, 1.807) is 0 Å². The van der Waals surface area contributed by atoms with Gasteiger partial charge in [-0.25, -0.2) is 0 Å². The standard InChI is InChI=1S/C17H36O.C2H4O2/c1-2-3-4-5-6-7-8-9-10-11-12-13-14-15-16-17-18;1-2(3)4/h18H,2-17H2,1H3;1H3,(H,3,4). The van der Waals surface area contributed by atoms with Crippen LogP contribution >= 0.6 is 0 Å². The van der Waals surface area contributed by atoms with E-state index in [0.29, 0.717) is 6.61 Å². The predicted molar refractivity (Wildman–Crippen MR) is 95.3 cm³/mol. The largest absolute Gasteiger partial charge is 0.481 e. The van der Waals surface area contributed by atoms with Gasteiger partial charge in [0, 0.05) is 13.5 Å². The van der Waals surface area contributed by atoms with E-state index in [4.69, 9.17) is 15.0 Å². The summed E-state index contributed by atoms with van der Waals surface area (Å²) in [5, 5.41) is 16.1. The van der Waals surface area contributed by atoms with E-state index in [1.807, 2.05) is 0 Å². The smallest absolute Gasteiger partial charge is 0.300 e. The third kappa shape index (κ3) is 31.7. The number of hydrogen-bond donors (Lipinski definition) is 2. The maximum absolute atomic E-state index is 9.00. The fourth-order valence-corrected chi connectivity index (χ4v) is 2.48. The van der Waals surface area contributed by atoms with Crippen molar-refractivity contribution in [1.82, 2.24) is 0 Å². The lowest BCUT2D eigenvalue weighted by Gasteiger charge is -2.02. The maximum atomic E-state index is 9.00. The first-order valence-corrected chi connectivity index (χ1v) is 9.45. The summed E-state index contributed by atoms with van der Waals surface area (Å²) in [4.78, 5) is 9.00. The first-order valence-electron chi connectivity index (χ1n) is 9.45. The van der Waals surface area contributed by atoms with Crippen molar-refractivity contribution in [2.45, 2.75) is 110 Å². The Morgan fingerprint density at radius 3 is 1.09 bits per heavy atom. The maximum Gasteiger partial charge on any atom is 0.300 e. The Morgan fingerprint density at radius 1 is 0.636 bits per heavy atom. The highest BCUT2D eigenvalue weighted by Gasteiger charge is 1.93. The Kier molecular flexibility index (Phi) is 24.5. The molecule has 0 saturated heterocycles. The topological polar surface area (TPSA) is 57.5 Å². The van der Waals surface area contributed by atoms with Crippen molar-refractivity contribution in [3.8, 4) is 0 Å². The number of aliphatic carboxylic acids is 1. The summed E-state index contributed by atoms with van der Waals surface area (Å²) in [6.45, 7) is 3.74. The third-order valence-electron chi connectivity index (χ3n) is 3.76. The fourth-order valence-electron chi connectivity index (χ4n) is 2.48. The summed E-state index contributed by atoms with van der Waals surface area (Å²) < 4.78 is 0. The first kappa shape index (κ1) is 23.7. The van der Waals surface area contributed by atoms with Crippen molar-refractivity contribution in [3.05, 3.63) is 0 Å². The highest BCUT2D eigenvalue weighted by molar-refractivity contribution is 5.62. The molecule has 22 heavy (non-hydrogen) atoms. The van der Waals surface area contributed by atoms with Gasteiger partial charge in [-0.15, -0.1) is 0 Å². The summed E-state index contributed by atoms with van der Waals surface area (Å²) >= 11 is 0. The number of aliphatic hydroxyl groups is 1. The average Bonchev–Trinajstić information content (AvgIpc) is 2.47. The van der Waals surface area contributed by atoms with Crippen molar-refractivity contribution in [1.29, 1.82) is 0 Å². The van der Waals surface area contributed by atoms with Gasteiger partial charge in [0.1, 0.15) is 0 Å². The Bertz CT molecular complexity index is 185. The van der Waals surface area contributed by atoms with E-state index in [2.05, 4.69) is 6.92 Å². The Balaban J connectivity index is 0. The van der Waals surface area contributed by atoms with Crippen LogP contribution in [0.2, 0.25) is 0 Å². The zero-order valence-electron chi connectivity index (χ0n) is 15.1. The molecule has 2 N–H and O–H groups in total. The molecule has 0 aromatic carbocycles. The Morgan fingerprint density at radius 2 is 0.864 bits per heavy atom. The second-order valence-corrected chi connectivity index (χ2v) is 6.19. The minimum atomic E-state index is -0.833. The quantitative estimate of drug-likeness (QED) is 0.367. The van der Waals surface area contributed by atoms with Crippen LogP contribution in [0.4, 0.5) is 0 Å². The minimum Gasteiger partial charge on any atom is -0.481 e. The van der Waals surface area contributed by atoms with Gasteiger partial charge in [0.15, 0.2) is 0 Å². The summed E-state index contributed by atoms with van der Waals surface area (Å²) in [6.07, 6.45) is 20.7. The molecule has 0 aliphatic heterocycles. The molecule has 0 aliphatic carbocycles. The predicted octanol–water partition coefficient (Wildman–Crippen LogP) is 5.94. The molecule has 0 aromatic rings. The van der Waals surface area contributed by atoms with E-state index in [0.717, 1.165) is 13.3 Å². The Labute approximate surface area is 138 Å². The lowest BCUT2D eigenvalue weighted by atomic mass is 10.0. The summed E-state index contributed by atoms with van der Waals surface area (Å²) in [5.41, 5.74) is 0. The molecule has 0 bridgehead atoms. The van der Waals surface area contributed by atoms with E-state index in [-0.39, 0.29) is 0 Å². The molecule has 3 heteroatoms. The zero-order chi connectivity index (χ0) is 16.9. The van der Waals surface area contributed by atoms with Crippen LogP contribution < -0.4 is 0 Å². The molecule has 0 heterocycles. The van der Waals surface area contributed by atoms with Gasteiger partial charge in [-0.1, -0.05) is 96.8 Å². The molecule has 134 valence electrons. The van der Waals surface area contributed by atoms with Crippen LogP contribution in [-0.2, 0) is 4.79 Å². The average molecular weight is 317 g/mol. The third-order valence-corrected chi connectivity index (χ3v) is 3.76. The van der Waals surface area contributed by atoms with Crippen LogP contribution in [0.25, 0.3) is 0 Å². The lowest BCUT2D eigenvalue weighted by Crippen LogP contribution is -1.85. The molecule has 0 fully saturated rings. The fraction of sp³-hybridized carbons (Fsp3) is 0.947. The second kappa shape index (κ2) is 22.7. The molecule has 0 atom stereocenters. The van der Waals surface area contributed by atoms with Crippen LogP contribution in [0.5, 0.6) is 0 Å². The molecule has 0 aliphatic rings. The van der Waals surface area contributed by atoms with Crippen LogP contribution in [0.3, 0.4) is 0 Å². The van der Waals surface area contributed by atoms with Crippen LogP contribution in [0.15, 0.2) is 0 Å². The Hall–Kier alpha value is -0.570. The van der Waals surface area contributed by atoms with Crippen molar-refractivity contribution in [2.75, 3.05) is 6.61 Å². The van der Waals surface area contributed by atoms with Gasteiger partial charge in [0.2, 0.25) is 0 Å². The molecule has 3 nitrogen and oxygen atoms in total. The van der Waals surface area contributed by atoms with Gasteiger partial charge in [0.25, 0.3) is 5.97 Å². The second-order valence-electron chi connectivity index (χ2n) is 6.19. The molecule has 0 aromatic heterocycles. The zero-order valence-corrected chi connectivity index (χ0v) is 15.1. The number of rotatable bonds is 15. The number of hydrogen-bond acceptors (Lipinski definition) is 2. The summed E-state index contributed by atoms with van der Waals surface area (Å²) in [5.74, 6) is -0.833. The lowest BCUT2D eigenvalue weighted by molar-refractivity contribution is -0.134. The summed E-state index contributed by atoms with van der Waals surface area (Å²) in [6, 6.07) is 0. The van der Waals surface area contributed by atoms with Crippen molar-refractivity contribution in [3.63, 3.8) is 0 Å². The van der Waals surface area contributed by atoms with Gasteiger partial charge in [-0.2, -0.15) is 0 Å². The summed E-state index contributed by atoms with van der Waals surface area (Å²) in [7, 11) is 0. The normalized spacial score (nSPS) is 10.1. The van der Waals surface area contributed by atoms with Crippen LogP contribution in [0, 0.1) is 0 Å². The minimum absolute atomic E-state index is 0.373. The van der Waals surface area contributed by atoms with Gasteiger partial charge in [0.05, 0.1) is 0 Å². The highest BCUT2D eigenvalue weighted by atomic mass is 16.4. The SMILES string of the molecule is CC(=O)O.CCCCCCCCCCCCCCCCCO. The molecule has 0 unspecified atom stereocenters. The van der Waals surface area contributed by atoms with Crippen LogP contribution in [0.1, 0.15) is 110 Å². The van der Waals surface area contributed by atoms with E-state index in [9.17, 15) is 0 Å². The van der Waals surface area contributed by atoms with Crippen LogP contribution in [-0.4, -0.2) is 22.8 Å². The first-order chi connectivity index (χ1) is 10.6. The van der Waals surface area contributed by atoms with Gasteiger partial charge in [-0.05, 0) is 6.42 Å². The van der Waals surface area contributed by atoms with Crippen molar-refractivity contribution < 1.29 is 15.0 Å².